The first-order valence-corrected chi connectivity index (χ1v) is 10.1. The Kier molecular flexibility index (Phi) is 7.08. The Morgan fingerprint density at radius 1 is 0.968 bits per heavy atom. The Labute approximate surface area is 182 Å². The van der Waals surface area contributed by atoms with Crippen LogP contribution in [0.5, 0.6) is 5.75 Å². The Morgan fingerprint density at radius 3 is 2.32 bits per heavy atom. The van der Waals surface area contributed by atoms with Crippen LogP contribution < -0.4 is 4.74 Å². The van der Waals surface area contributed by atoms with Gasteiger partial charge in [-0.25, -0.2) is 4.79 Å². The van der Waals surface area contributed by atoms with Crippen molar-refractivity contribution in [1.82, 2.24) is 0 Å². The van der Waals surface area contributed by atoms with Crippen LogP contribution in [-0.2, 0) is 21.7 Å². The van der Waals surface area contributed by atoms with Gasteiger partial charge in [0.2, 0.25) is 6.61 Å². The standard InChI is InChI=1S/C26H27NO4/c1-26(2,3)23-13-9-20(10-14-23)17-30-24-6-4-5-22(15-24)21-11-7-19(8-12-21)16-27-31-18-25(28)29/h4-16H,17-18H2,1-3H3,(H,28,29). The van der Waals surface area contributed by atoms with Gasteiger partial charge in [-0.05, 0) is 45.4 Å². The molecule has 0 aliphatic rings. The van der Waals surface area contributed by atoms with E-state index < -0.39 is 12.6 Å². The maximum atomic E-state index is 10.4. The first-order valence-electron chi connectivity index (χ1n) is 10.1. The SMILES string of the molecule is CC(C)(C)c1ccc(COc2cccc(-c3ccc(C=NOCC(=O)O)cc3)c2)cc1. The lowest BCUT2D eigenvalue weighted by atomic mass is 9.87. The van der Waals surface area contributed by atoms with Gasteiger partial charge in [0.1, 0.15) is 12.4 Å². The van der Waals surface area contributed by atoms with Gasteiger partial charge in [0.05, 0.1) is 6.21 Å². The van der Waals surface area contributed by atoms with Crippen molar-refractivity contribution in [2.24, 2.45) is 5.16 Å². The smallest absolute Gasteiger partial charge is 0.344 e. The van der Waals surface area contributed by atoms with Crippen LogP contribution in [0.15, 0.2) is 78.0 Å². The molecule has 31 heavy (non-hydrogen) atoms. The van der Waals surface area contributed by atoms with E-state index in [1.165, 1.54) is 11.8 Å². The summed E-state index contributed by atoms with van der Waals surface area (Å²) in [7, 11) is 0. The quantitative estimate of drug-likeness (QED) is 0.379. The summed E-state index contributed by atoms with van der Waals surface area (Å²) in [4.78, 5) is 15.1. The molecular formula is C26H27NO4. The number of hydrogen-bond donors (Lipinski definition) is 1. The molecule has 1 N–H and O–H groups in total. The van der Waals surface area contributed by atoms with E-state index in [4.69, 9.17) is 9.84 Å². The van der Waals surface area contributed by atoms with Crippen LogP contribution in [0, 0.1) is 0 Å². The minimum atomic E-state index is -1.06. The van der Waals surface area contributed by atoms with Crippen molar-refractivity contribution in [1.29, 1.82) is 0 Å². The molecule has 0 fully saturated rings. The van der Waals surface area contributed by atoms with E-state index in [1.54, 1.807) is 0 Å². The summed E-state index contributed by atoms with van der Waals surface area (Å²) in [6, 6.07) is 24.3. The molecule has 0 unspecified atom stereocenters. The number of rotatable bonds is 8. The number of carboxylic acid groups (broad SMARTS) is 1. The summed E-state index contributed by atoms with van der Waals surface area (Å²) < 4.78 is 6.00. The number of aliphatic carboxylic acids is 1. The molecule has 3 aromatic carbocycles. The fourth-order valence-electron chi connectivity index (χ4n) is 2.99. The molecule has 0 radical (unpaired) electrons. The van der Waals surface area contributed by atoms with E-state index in [0.717, 1.165) is 28.0 Å². The van der Waals surface area contributed by atoms with Crippen molar-refractivity contribution >= 4 is 12.2 Å². The largest absolute Gasteiger partial charge is 0.489 e. The molecule has 0 aliphatic heterocycles. The summed E-state index contributed by atoms with van der Waals surface area (Å²) in [6.45, 7) is 6.67. The van der Waals surface area contributed by atoms with E-state index in [1.807, 2.05) is 48.5 Å². The maximum absolute atomic E-state index is 10.4. The molecule has 160 valence electrons. The average molecular weight is 418 g/mol. The lowest BCUT2D eigenvalue weighted by Gasteiger charge is -2.19. The Bertz CT molecular complexity index is 1030. The third-order valence-corrected chi connectivity index (χ3v) is 4.77. The zero-order chi connectivity index (χ0) is 22.3. The van der Waals surface area contributed by atoms with E-state index >= 15 is 0 Å². The highest BCUT2D eigenvalue weighted by Gasteiger charge is 2.12. The number of nitrogens with zero attached hydrogens (tertiary/aromatic N) is 1. The molecule has 3 aromatic rings. The topological polar surface area (TPSA) is 68.1 Å². The molecule has 5 nitrogen and oxygen atoms in total. The van der Waals surface area contributed by atoms with Gasteiger partial charge in [-0.15, -0.1) is 0 Å². The van der Waals surface area contributed by atoms with Gasteiger partial charge in [0.15, 0.2) is 0 Å². The molecule has 0 bridgehead atoms. The number of carboxylic acids is 1. The molecule has 3 rings (SSSR count). The summed E-state index contributed by atoms with van der Waals surface area (Å²) in [5, 5.41) is 12.2. The molecule has 0 atom stereocenters. The summed E-state index contributed by atoms with van der Waals surface area (Å²) in [5.74, 6) is -0.248. The zero-order valence-corrected chi connectivity index (χ0v) is 18.0. The van der Waals surface area contributed by atoms with Gasteiger partial charge in [-0.1, -0.05) is 86.6 Å². The molecule has 0 saturated heterocycles. The zero-order valence-electron chi connectivity index (χ0n) is 18.0. The third-order valence-electron chi connectivity index (χ3n) is 4.77. The van der Waals surface area contributed by atoms with E-state index in [0.29, 0.717) is 6.61 Å². The second kappa shape index (κ2) is 9.94. The number of ether oxygens (including phenoxy) is 1. The van der Waals surface area contributed by atoms with Crippen LogP contribution in [0.2, 0.25) is 0 Å². The van der Waals surface area contributed by atoms with Crippen LogP contribution in [0.3, 0.4) is 0 Å². The Hall–Kier alpha value is -3.60. The number of carbonyl (C=O) groups is 1. The second-order valence-electron chi connectivity index (χ2n) is 8.29. The van der Waals surface area contributed by atoms with Crippen LogP contribution in [0.25, 0.3) is 11.1 Å². The van der Waals surface area contributed by atoms with Crippen molar-refractivity contribution in [3.8, 4) is 16.9 Å². The van der Waals surface area contributed by atoms with Crippen LogP contribution in [-0.4, -0.2) is 23.9 Å². The molecule has 0 amide bonds. The fraction of sp³-hybridized carbons (Fsp3) is 0.231. The van der Waals surface area contributed by atoms with Gasteiger partial charge < -0.3 is 14.7 Å². The molecule has 0 heterocycles. The fourth-order valence-corrected chi connectivity index (χ4v) is 2.99. The van der Waals surface area contributed by atoms with Crippen molar-refractivity contribution in [2.45, 2.75) is 32.8 Å². The normalized spacial score (nSPS) is 11.5. The van der Waals surface area contributed by atoms with E-state index in [9.17, 15) is 4.79 Å². The molecule has 0 aliphatic carbocycles. The number of hydrogen-bond acceptors (Lipinski definition) is 4. The van der Waals surface area contributed by atoms with E-state index in [2.05, 4.69) is 55.0 Å². The summed E-state index contributed by atoms with van der Waals surface area (Å²) >= 11 is 0. The van der Waals surface area contributed by atoms with Gasteiger partial charge in [0, 0.05) is 0 Å². The maximum Gasteiger partial charge on any atom is 0.344 e. The molecule has 0 spiro atoms. The first-order chi connectivity index (χ1) is 14.8. The minimum Gasteiger partial charge on any atom is -0.489 e. The van der Waals surface area contributed by atoms with Crippen molar-refractivity contribution in [3.05, 3.63) is 89.5 Å². The summed E-state index contributed by atoms with van der Waals surface area (Å²) in [6.07, 6.45) is 1.48. The lowest BCUT2D eigenvalue weighted by Crippen LogP contribution is -2.10. The van der Waals surface area contributed by atoms with Crippen LogP contribution >= 0.6 is 0 Å². The predicted molar refractivity (Wildman–Crippen MR) is 123 cm³/mol. The van der Waals surface area contributed by atoms with Crippen molar-refractivity contribution < 1.29 is 19.5 Å². The van der Waals surface area contributed by atoms with Crippen LogP contribution in [0.4, 0.5) is 0 Å². The van der Waals surface area contributed by atoms with Crippen LogP contribution in [0.1, 0.15) is 37.5 Å². The van der Waals surface area contributed by atoms with Gasteiger partial charge in [0.25, 0.3) is 0 Å². The highest BCUT2D eigenvalue weighted by Crippen LogP contribution is 2.26. The Morgan fingerprint density at radius 2 is 1.68 bits per heavy atom. The minimum absolute atomic E-state index is 0.140. The average Bonchev–Trinajstić information content (AvgIpc) is 2.75. The number of benzene rings is 3. The van der Waals surface area contributed by atoms with E-state index in [-0.39, 0.29) is 5.41 Å². The second-order valence-corrected chi connectivity index (χ2v) is 8.29. The molecule has 0 saturated carbocycles. The molecular weight excluding hydrogens is 390 g/mol. The summed E-state index contributed by atoms with van der Waals surface area (Å²) in [5.41, 5.74) is 5.49. The highest BCUT2D eigenvalue weighted by atomic mass is 16.6. The first kappa shape index (κ1) is 22.1. The monoisotopic (exact) mass is 417 g/mol. The predicted octanol–water partition coefficient (Wildman–Crippen LogP) is 5.67. The highest BCUT2D eigenvalue weighted by molar-refractivity contribution is 5.80. The van der Waals surface area contributed by atoms with Gasteiger partial charge in [-0.2, -0.15) is 0 Å². The molecule has 0 aromatic heterocycles. The van der Waals surface area contributed by atoms with Crippen molar-refractivity contribution in [2.75, 3.05) is 6.61 Å². The van der Waals surface area contributed by atoms with Gasteiger partial charge in [-0.3, -0.25) is 0 Å². The molecule has 5 heteroatoms. The van der Waals surface area contributed by atoms with Gasteiger partial charge >= 0.3 is 5.97 Å². The lowest BCUT2D eigenvalue weighted by molar-refractivity contribution is -0.142. The Balaban J connectivity index is 1.61. The number of oxime groups is 1. The van der Waals surface area contributed by atoms with Crippen molar-refractivity contribution in [3.63, 3.8) is 0 Å². The third kappa shape index (κ3) is 6.71.